The van der Waals surface area contributed by atoms with Crippen molar-refractivity contribution in [3.05, 3.63) is 94.9 Å². The zero-order chi connectivity index (χ0) is 19.5. The van der Waals surface area contributed by atoms with Crippen LogP contribution in [0.3, 0.4) is 0 Å². The number of nitrogens with zero attached hydrogens (tertiary/aromatic N) is 1. The van der Waals surface area contributed by atoms with Crippen molar-refractivity contribution in [3.8, 4) is 11.5 Å². The van der Waals surface area contributed by atoms with Gasteiger partial charge in [0, 0.05) is 0 Å². The van der Waals surface area contributed by atoms with Crippen LogP contribution < -0.4 is 9.64 Å². The number of carbonyl (C=O) groups is 1. The first kappa shape index (κ1) is 18.5. The van der Waals surface area contributed by atoms with Gasteiger partial charge in [-0.2, -0.15) is 0 Å². The number of hydrogen-bond acceptors (Lipinski definition) is 4. The molecular weight excluding hydrogens is 386 g/mol. The summed E-state index contributed by atoms with van der Waals surface area (Å²) < 4.78 is 6.33. The van der Waals surface area contributed by atoms with Crippen molar-refractivity contribution in [1.29, 1.82) is 0 Å². The number of hydrogen-bond donors (Lipinski definition) is 0. The molecule has 3 nitrogen and oxygen atoms in total. The van der Waals surface area contributed by atoms with Crippen LogP contribution >= 0.6 is 24.0 Å². The van der Waals surface area contributed by atoms with Crippen LogP contribution in [0.15, 0.2) is 83.8 Å². The molecule has 1 heterocycles. The smallest absolute Gasteiger partial charge is 0.270 e. The number of thioether (sulfide) groups is 1. The normalized spacial score (nSPS) is 15.3. The molecule has 4 rings (SSSR count). The van der Waals surface area contributed by atoms with E-state index < -0.39 is 0 Å². The lowest BCUT2D eigenvalue weighted by Crippen LogP contribution is -2.27. The first-order valence-corrected chi connectivity index (χ1v) is 10.0. The van der Waals surface area contributed by atoms with Crippen LogP contribution in [0, 0.1) is 6.92 Å². The number of aryl methyl sites for hydroxylation is 1. The van der Waals surface area contributed by atoms with Gasteiger partial charge in [0.1, 0.15) is 11.5 Å². The number of benzene rings is 3. The molecule has 0 bridgehead atoms. The molecule has 3 aromatic carbocycles. The quantitative estimate of drug-likeness (QED) is 0.383. The largest absolute Gasteiger partial charge is 0.457 e. The van der Waals surface area contributed by atoms with E-state index in [4.69, 9.17) is 17.0 Å². The van der Waals surface area contributed by atoms with Crippen molar-refractivity contribution in [2.24, 2.45) is 0 Å². The zero-order valence-electron chi connectivity index (χ0n) is 15.2. The van der Waals surface area contributed by atoms with E-state index in [-0.39, 0.29) is 5.91 Å². The third-order valence-electron chi connectivity index (χ3n) is 4.24. The topological polar surface area (TPSA) is 29.5 Å². The summed E-state index contributed by atoms with van der Waals surface area (Å²) in [7, 11) is 0. The average molecular weight is 404 g/mol. The number of thiocarbonyl (C=S) groups is 1. The second-order valence-corrected chi connectivity index (χ2v) is 8.01. The predicted molar refractivity (Wildman–Crippen MR) is 120 cm³/mol. The highest BCUT2D eigenvalue weighted by molar-refractivity contribution is 8.27. The standard InChI is InChI=1S/C23H17NO2S2/c1-16-7-9-17(10-8-16)15-21-22(25)24(23(27)28-21)18-11-13-20(14-12-18)26-19-5-3-2-4-6-19/h2-15H,1H3/b21-15-. The maximum absolute atomic E-state index is 12.9. The van der Waals surface area contributed by atoms with Crippen molar-refractivity contribution in [3.63, 3.8) is 0 Å². The van der Waals surface area contributed by atoms with Crippen LogP contribution in [-0.4, -0.2) is 10.2 Å². The minimum absolute atomic E-state index is 0.104. The summed E-state index contributed by atoms with van der Waals surface area (Å²) in [5.41, 5.74) is 2.90. The number of rotatable bonds is 4. The van der Waals surface area contributed by atoms with Gasteiger partial charge in [-0.15, -0.1) is 0 Å². The van der Waals surface area contributed by atoms with E-state index in [1.807, 2.05) is 91.9 Å². The van der Waals surface area contributed by atoms with Gasteiger partial charge in [-0.05, 0) is 55.0 Å². The summed E-state index contributed by atoms with van der Waals surface area (Å²) in [4.78, 5) is 15.1. The molecule has 1 amide bonds. The Morgan fingerprint density at radius 1 is 0.893 bits per heavy atom. The van der Waals surface area contributed by atoms with Crippen LogP contribution in [0.1, 0.15) is 11.1 Å². The van der Waals surface area contributed by atoms with Gasteiger partial charge in [0.05, 0.1) is 10.6 Å². The molecule has 1 saturated heterocycles. The molecule has 0 N–H and O–H groups in total. The van der Waals surface area contributed by atoms with Crippen LogP contribution in [0.25, 0.3) is 6.08 Å². The van der Waals surface area contributed by atoms with E-state index in [9.17, 15) is 4.79 Å². The first-order chi connectivity index (χ1) is 13.6. The van der Waals surface area contributed by atoms with Crippen molar-refractivity contribution < 1.29 is 9.53 Å². The average Bonchev–Trinajstić information content (AvgIpc) is 2.98. The minimum atomic E-state index is -0.104. The SMILES string of the molecule is Cc1ccc(/C=C2\SC(=S)N(c3ccc(Oc4ccccc4)cc3)C2=O)cc1. The monoisotopic (exact) mass is 403 g/mol. The molecule has 0 unspecified atom stereocenters. The van der Waals surface area contributed by atoms with Crippen molar-refractivity contribution in [1.82, 2.24) is 0 Å². The highest BCUT2D eigenvalue weighted by atomic mass is 32.2. The second kappa shape index (κ2) is 8.00. The zero-order valence-corrected chi connectivity index (χ0v) is 16.8. The van der Waals surface area contributed by atoms with Crippen molar-refractivity contribution in [2.45, 2.75) is 6.92 Å². The molecule has 0 radical (unpaired) electrons. The highest BCUT2D eigenvalue weighted by Gasteiger charge is 2.33. The van der Waals surface area contributed by atoms with E-state index in [0.29, 0.717) is 15.0 Å². The maximum Gasteiger partial charge on any atom is 0.270 e. The van der Waals surface area contributed by atoms with E-state index in [1.54, 1.807) is 4.90 Å². The molecule has 28 heavy (non-hydrogen) atoms. The number of para-hydroxylation sites is 1. The first-order valence-electron chi connectivity index (χ1n) is 8.78. The Balaban J connectivity index is 1.53. The molecule has 5 heteroatoms. The summed E-state index contributed by atoms with van der Waals surface area (Å²) in [6.45, 7) is 2.04. The summed E-state index contributed by atoms with van der Waals surface area (Å²) in [5.74, 6) is 1.37. The number of ether oxygens (including phenoxy) is 1. The summed E-state index contributed by atoms with van der Waals surface area (Å²) in [6.07, 6.45) is 1.88. The molecule has 0 atom stereocenters. The Morgan fingerprint density at radius 3 is 2.21 bits per heavy atom. The lowest BCUT2D eigenvalue weighted by Gasteiger charge is -2.15. The van der Waals surface area contributed by atoms with E-state index >= 15 is 0 Å². The van der Waals surface area contributed by atoms with Gasteiger partial charge in [-0.25, -0.2) is 0 Å². The maximum atomic E-state index is 12.9. The van der Waals surface area contributed by atoms with Gasteiger partial charge >= 0.3 is 0 Å². The molecule has 0 aliphatic carbocycles. The molecule has 3 aromatic rings. The van der Waals surface area contributed by atoms with Crippen LogP contribution in [0.2, 0.25) is 0 Å². The molecule has 1 fully saturated rings. The molecule has 1 aliphatic heterocycles. The summed E-state index contributed by atoms with van der Waals surface area (Å²) in [5, 5.41) is 0. The van der Waals surface area contributed by atoms with Crippen LogP contribution in [-0.2, 0) is 4.79 Å². The minimum Gasteiger partial charge on any atom is -0.457 e. The number of anilines is 1. The second-order valence-electron chi connectivity index (χ2n) is 6.34. The Kier molecular flexibility index (Phi) is 5.28. The Hall–Kier alpha value is -2.89. The van der Waals surface area contributed by atoms with Crippen LogP contribution in [0.5, 0.6) is 11.5 Å². The van der Waals surface area contributed by atoms with Gasteiger partial charge < -0.3 is 4.74 Å². The fraction of sp³-hybridized carbons (Fsp3) is 0.0435. The molecule has 1 aliphatic rings. The molecule has 0 saturated carbocycles. The Bertz CT molecular complexity index is 1040. The third-order valence-corrected chi connectivity index (χ3v) is 5.54. The molecular formula is C23H17NO2S2. The lowest BCUT2D eigenvalue weighted by atomic mass is 10.1. The van der Waals surface area contributed by atoms with E-state index in [0.717, 1.165) is 17.0 Å². The molecule has 138 valence electrons. The van der Waals surface area contributed by atoms with Crippen molar-refractivity contribution >= 4 is 46.0 Å². The number of carbonyl (C=O) groups excluding carboxylic acids is 1. The van der Waals surface area contributed by atoms with Gasteiger partial charge in [-0.3, -0.25) is 9.69 Å². The van der Waals surface area contributed by atoms with Gasteiger partial charge in [-0.1, -0.05) is 72.0 Å². The molecule has 0 aromatic heterocycles. The van der Waals surface area contributed by atoms with E-state index in [1.165, 1.54) is 17.3 Å². The lowest BCUT2D eigenvalue weighted by molar-refractivity contribution is -0.113. The summed E-state index contributed by atoms with van der Waals surface area (Å²) >= 11 is 6.77. The van der Waals surface area contributed by atoms with E-state index in [2.05, 4.69) is 0 Å². The molecule has 0 spiro atoms. The number of amides is 1. The fourth-order valence-electron chi connectivity index (χ4n) is 2.79. The van der Waals surface area contributed by atoms with Gasteiger partial charge in [0.25, 0.3) is 5.91 Å². The Labute approximate surface area is 173 Å². The van der Waals surface area contributed by atoms with Crippen LogP contribution in [0.4, 0.5) is 5.69 Å². The fourth-order valence-corrected chi connectivity index (χ4v) is 4.09. The summed E-state index contributed by atoms with van der Waals surface area (Å²) in [6, 6.07) is 25.0. The van der Waals surface area contributed by atoms with Gasteiger partial charge in [0.2, 0.25) is 0 Å². The van der Waals surface area contributed by atoms with Crippen molar-refractivity contribution in [2.75, 3.05) is 4.90 Å². The Morgan fingerprint density at radius 2 is 1.54 bits per heavy atom. The third kappa shape index (κ3) is 4.01. The predicted octanol–water partition coefficient (Wildman–Crippen LogP) is 6.19. The van der Waals surface area contributed by atoms with Gasteiger partial charge in [0.15, 0.2) is 4.32 Å². The highest BCUT2D eigenvalue weighted by Crippen LogP contribution is 2.36.